The van der Waals surface area contributed by atoms with Crippen LogP contribution in [0.1, 0.15) is 50.7 Å². The van der Waals surface area contributed by atoms with Gasteiger partial charge in [0.05, 0.1) is 12.2 Å². The van der Waals surface area contributed by atoms with Crippen molar-refractivity contribution in [1.82, 2.24) is 20.0 Å². The van der Waals surface area contributed by atoms with Crippen molar-refractivity contribution in [1.29, 1.82) is 0 Å². The zero-order chi connectivity index (χ0) is 26.6. The molecule has 0 radical (unpaired) electrons. The van der Waals surface area contributed by atoms with Crippen LogP contribution in [0.15, 0.2) is 78.9 Å². The van der Waals surface area contributed by atoms with Gasteiger partial charge in [-0.1, -0.05) is 53.5 Å². The van der Waals surface area contributed by atoms with Crippen molar-refractivity contribution in [2.24, 2.45) is 0 Å². The van der Waals surface area contributed by atoms with Crippen molar-refractivity contribution in [3.05, 3.63) is 111 Å². The molecule has 0 atom stereocenters. The maximum Gasteiger partial charge on any atom is 0.253 e. The average molecular weight is 547 g/mol. The summed E-state index contributed by atoms with van der Waals surface area (Å²) < 4.78 is 2.03. The lowest BCUT2D eigenvalue weighted by Gasteiger charge is -2.32. The van der Waals surface area contributed by atoms with E-state index in [1.165, 1.54) is 0 Å². The summed E-state index contributed by atoms with van der Waals surface area (Å²) in [6.07, 6.45) is 1.69. The zero-order valence-electron chi connectivity index (χ0n) is 21.0. The molecule has 38 heavy (non-hydrogen) atoms. The zero-order valence-corrected chi connectivity index (χ0v) is 22.5. The van der Waals surface area contributed by atoms with Gasteiger partial charge in [-0.3, -0.25) is 14.3 Å². The molecule has 1 N–H and O–H groups in total. The molecule has 3 aromatic carbocycles. The molecule has 1 aliphatic rings. The van der Waals surface area contributed by atoms with Crippen LogP contribution in [0, 0.1) is 0 Å². The number of piperidine rings is 1. The molecule has 0 saturated carbocycles. The van der Waals surface area contributed by atoms with Crippen LogP contribution in [0.3, 0.4) is 0 Å². The topological polar surface area (TPSA) is 67.2 Å². The van der Waals surface area contributed by atoms with Crippen molar-refractivity contribution in [3.63, 3.8) is 0 Å². The molecule has 6 nitrogen and oxygen atoms in total. The number of hydrogen-bond donors (Lipinski definition) is 1. The quantitative estimate of drug-likeness (QED) is 0.309. The van der Waals surface area contributed by atoms with Crippen LogP contribution < -0.4 is 5.32 Å². The van der Waals surface area contributed by atoms with Gasteiger partial charge in [0, 0.05) is 58.5 Å². The van der Waals surface area contributed by atoms with Crippen LogP contribution in [0.5, 0.6) is 0 Å². The van der Waals surface area contributed by atoms with Crippen molar-refractivity contribution in [2.45, 2.75) is 25.3 Å². The third-order valence-corrected chi connectivity index (χ3v) is 7.40. The highest BCUT2D eigenvalue weighted by molar-refractivity contribution is 6.35. The summed E-state index contributed by atoms with van der Waals surface area (Å²) in [4.78, 5) is 26.8. The molecule has 0 aliphatic carbocycles. The number of rotatable bonds is 6. The summed E-state index contributed by atoms with van der Waals surface area (Å²) >= 11 is 12.6. The molecule has 8 heteroatoms. The molecule has 2 heterocycles. The van der Waals surface area contributed by atoms with Gasteiger partial charge < -0.3 is 10.2 Å². The van der Waals surface area contributed by atoms with Gasteiger partial charge in [0.15, 0.2) is 0 Å². The molecule has 0 spiro atoms. The number of carbonyl (C=O) groups excluding carboxylic acids is 2. The van der Waals surface area contributed by atoms with Crippen LogP contribution >= 0.6 is 23.2 Å². The van der Waals surface area contributed by atoms with E-state index in [2.05, 4.69) is 11.4 Å². The molecule has 2 amide bonds. The normalized spacial score (nSPS) is 13.9. The third-order valence-electron chi connectivity index (χ3n) is 6.97. The second-order valence-corrected chi connectivity index (χ2v) is 10.4. The highest BCUT2D eigenvalue weighted by atomic mass is 35.5. The van der Waals surface area contributed by atoms with Gasteiger partial charge in [0.25, 0.3) is 11.8 Å². The molecule has 0 bridgehead atoms. The van der Waals surface area contributed by atoms with E-state index in [-0.39, 0.29) is 17.7 Å². The molecule has 5 rings (SSSR count). The summed E-state index contributed by atoms with van der Waals surface area (Å²) in [6, 6.07) is 24.5. The second kappa shape index (κ2) is 11.4. The van der Waals surface area contributed by atoms with Crippen molar-refractivity contribution in [3.8, 4) is 11.3 Å². The number of halogens is 2. The van der Waals surface area contributed by atoms with E-state index in [0.29, 0.717) is 35.2 Å². The Balaban J connectivity index is 1.41. The number of benzene rings is 3. The number of nitrogens with zero attached hydrogens (tertiary/aromatic N) is 3. The average Bonchev–Trinajstić information content (AvgIpc) is 3.36. The fourth-order valence-electron chi connectivity index (χ4n) is 4.95. The Labute approximate surface area is 232 Å². The first-order valence-corrected chi connectivity index (χ1v) is 13.4. The summed E-state index contributed by atoms with van der Waals surface area (Å²) in [5.74, 6) is 0.201. The van der Waals surface area contributed by atoms with Gasteiger partial charge in [-0.25, -0.2) is 0 Å². The van der Waals surface area contributed by atoms with Crippen molar-refractivity contribution < 1.29 is 9.59 Å². The second-order valence-electron chi connectivity index (χ2n) is 9.48. The molecular weight excluding hydrogens is 519 g/mol. The van der Waals surface area contributed by atoms with Crippen molar-refractivity contribution >= 4 is 35.0 Å². The first-order valence-electron chi connectivity index (χ1n) is 12.6. The molecular formula is C30H28Cl2N4O2. The van der Waals surface area contributed by atoms with E-state index in [0.717, 1.165) is 40.9 Å². The smallest absolute Gasteiger partial charge is 0.253 e. The number of amides is 2. The minimum Gasteiger partial charge on any atom is -0.355 e. The highest BCUT2D eigenvalue weighted by Gasteiger charge is 2.27. The minimum atomic E-state index is -0.117. The Kier molecular flexibility index (Phi) is 7.82. The first kappa shape index (κ1) is 26.0. The summed E-state index contributed by atoms with van der Waals surface area (Å²) in [7, 11) is 1.62. The predicted octanol–water partition coefficient (Wildman–Crippen LogP) is 6.28. The first-order chi connectivity index (χ1) is 18.4. The Morgan fingerprint density at radius 1 is 0.895 bits per heavy atom. The number of carbonyl (C=O) groups is 2. The van der Waals surface area contributed by atoms with Gasteiger partial charge in [-0.2, -0.15) is 5.10 Å². The van der Waals surface area contributed by atoms with Crippen LogP contribution in [-0.2, 0) is 6.54 Å². The number of hydrogen-bond acceptors (Lipinski definition) is 3. The van der Waals surface area contributed by atoms with Crippen LogP contribution in [-0.4, -0.2) is 46.6 Å². The number of nitrogens with one attached hydrogen (secondary N) is 1. The van der Waals surface area contributed by atoms with E-state index in [1.807, 2.05) is 76.3 Å². The lowest BCUT2D eigenvalue weighted by Crippen LogP contribution is -2.38. The molecule has 1 fully saturated rings. The Morgan fingerprint density at radius 3 is 2.18 bits per heavy atom. The van der Waals surface area contributed by atoms with Crippen LogP contribution in [0.4, 0.5) is 0 Å². The van der Waals surface area contributed by atoms with E-state index in [1.54, 1.807) is 13.1 Å². The summed E-state index contributed by atoms with van der Waals surface area (Å²) in [5, 5.41) is 8.71. The fraction of sp³-hybridized carbons (Fsp3) is 0.233. The standard InChI is InChI=1S/C30H28Cl2N4O2/c1-33-29(37)22-9-7-20(8-10-22)19-36-28(18-27(34-36)24-15-25(31)17-26(32)16-24)21-11-13-35(14-12-21)30(38)23-5-3-2-4-6-23/h2-10,15-18,21H,11-14,19H2,1H3,(H,33,37). The molecule has 194 valence electrons. The lowest BCUT2D eigenvalue weighted by molar-refractivity contribution is 0.0711. The third kappa shape index (κ3) is 5.77. The van der Waals surface area contributed by atoms with Gasteiger partial charge in [0.1, 0.15) is 0 Å². The van der Waals surface area contributed by atoms with E-state index in [9.17, 15) is 9.59 Å². The molecule has 0 unspecified atom stereocenters. The van der Waals surface area contributed by atoms with E-state index < -0.39 is 0 Å². The maximum absolute atomic E-state index is 13.0. The monoisotopic (exact) mass is 546 g/mol. The van der Waals surface area contributed by atoms with E-state index in [4.69, 9.17) is 28.3 Å². The Morgan fingerprint density at radius 2 is 1.55 bits per heavy atom. The Hall–Kier alpha value is -3.61. The van der Waals surface area contributed by atoms with Gasteiger partial charge in [-0.05, 0) is 66.9 Å². The minimum absolute atomic E-state index is 0.0722. The van der Waals surface area contributed by atoms with Gasteiger partial charge >= 0.3 is 0 Å². The number of aromatic nitrogens is 2. The summed E-state index contributed by atoms with van der Waals surface area (Å²) in [5.41, 5.74) is 5.13. The van der Waals surface area contributed by atoms with Gasteiger partial charge in [-0.15, -0.1) is 0 Å². The molecule has 1 aliphatic heterocycles. The molecule has 1 saturated heterocycles. The number of likely N-dealkylation sites (tertiary alicyclic amines) is 1. The maximum atomic E-state index is 13.0. The SMILES string of the molecule is CNC(=O)c1ccc(Cn2nc(-c3cc(Cl)cc(Cl)c3)cc2C2CCN(C(=O)c3ccccc3)CC2)cc1. The van der Waals surface area contributed by atoms with Crippen molar-refractivity contribution in [2.75, 3.05) is 20.1 Å². The Bertz CT molecular complexity index is 1420. The largest absolute Gasteiger partial charge is 0.355 e. The highest BCUT2D eigenvalue weighted by Crippen LogP contribution is 2.33. The van der Waals surface area contributed by atoms with Gasteiger partial charge in [0.2, 0.25) is 0 Å². The molecule has 4 aromatic rings. The fourth-order valence-corrected chi connectivity index (χ4v) is 5.48. The molecule has 1 aromatic heterocycles. The lowest BCUT2D eigenvalue weighted by atomic mass is 9.92. The van der Waals surface area contributed by atoms with Crippen LogP contribution in [0.2, 0.25) is 10.0 Å². The van der Waals surface area contributed by atoms with E-state index >= 15 is 0 Å². The van der Waals surface area contributed by atoms with Crippen LogP contribution in [0.25, 0.3) is 11.3 Å². The summed E-state index contributed by atoms with van der Waals surface area (Å²) in [6.45, 7) is 1.92. The predicted molar refractivity (Wildman–Crippen MR) is 151 cm³/mol.